The Hall–Kier alpha value is -1.89. The molecule has 0 saturated carbocycles. The minimum absolute atomic E-state index is 0.0567. The van der Waals surface area contributed by atoms with Crippen molar-refractivity contribution in [3.8, 4) is 0 Å². The molecule has 1 aromatic rings. The molecule has 0 aliphatic carbocycles. The summed E-state index contributed by atoms with van der Waals surface area (Å²) >= 11 is 3.33. The highest BCUT2D eigenvalue weighted by atomic mass is 79.9. The van der Waals surface area contributed by atoms with Crippen molar-refractivity contribution in [2.75, 3.05) is 6.54 Å². The maximum absolute atomic E-state index is 12.0. The van der Waals surface area contributed by atoms with Gasteiger partial charge in [-0.2, -0.15) is 0 Å². The second kappa shape index (κ2) is 10.8. The van der Waals surface area contributed by atoms with E-state index in [4.69, 9.17) is 5.11 Å². The molecule has 0 spiro atoms. The van der Waals surface area contributed by atoms with E-state index in [2.05, 4.69) is 26.6 Å². The summed E-state index contributed by atoms with van der Waals surface area (Å²) in [6.45, 7) is 2.08. The molecule has 0 fully saturated rings. The van der Waals surface area contributed by atoms with Gasteiger partial charge in [-0.05, 0) is 30.5 Å². The van der Waals surface area contributed by atoms with Crippen LogP contribution >= 0.6 is 15.9 Å². The van der Waals surface area contributed by atoms with Crippen molar-refractivity contribution in [3.05, 3.63) is 34.3 Å². The second-order valence-corrected chi connectivity index (χ2v) is 6.48. The number of halogens is 1. The van der Waals surface area contributed by atoms with Crippen LogP contribution in [0, 0.1) is 0 Å². The van der Waals surface area contributed by atoms with Crippen LogP contribution in [0.3, 0.4) is 0 Å². The molecule has 0 aromatic heterocycles. The fourth-order valence-electron chi connectivity index (χ4n) is 2.24. The zero-order valence-electron chi connectivity index (χ0n) is 13.7. The molecule has 0 radical (unpaired) electrons. The third-order valence-electron chi connectivity index (χ3n) is 3.44. The smallest absolute Gasteiger partial charge is 0.305 e. The van der Waals surface area contributed by atoms with E-state index >= 15 is 0 Å². The first kappa shape index (κ1) is 20.2. The number of hydrogen-bond acceptors (Lipinski definition) is 3. The number of rotatable bonds is 10. The molecule has 132 valence electrons. The van der Waals surface area contributed by atoms with E-state index in [1.165, 1.54) is 6.92 Å². The first-order valence-corrected chi connectivity index (χ1v) is 8.69. The number of carbonyl (C=O) groups excluding carboxylic acids is 2. The average molecular weight is 399 g/mol. The monoisotopic (exact) mass is 398 g/mol. The first-order chi connectivity index (χ1) is 11.4. The Morgan fingerprint density at radius 2 is 1.79 bits per heavy atom. The lowest BCUT2D eigenvalue weighted by Crippen LogP contribution is -2.30. The largest absolute Gasteiger partial charge is 0.481 e. The average Bonchev–Trinajstić information content (AvgIpc) is 2.50. The summed E-state index contributed by atoms with van der Waals surface area (Å²) in [6.07, 6.45) is 2.53. The SMILES string of the molecule is CC(=O)NCCCCCC(=O)NC(CC(=O)O)c1ccc(Br)cc1. The predicted molar refractivity (Wildman–Crippen MR) is 94.4 cm³/mol. The van der Waals surface area contributed by atoms with Gasteiger partial charge < -0.3 is 15.7 Å². The number of carbonyl (C=O) groups is 3. The molecule has 1 unspecified atom stereocenters. The molecule has 0 aliphatic heterocycles. The number of carboxylic acid groups (broad SMARTS) is 1. The van der Waals surface area contributed by atoms with Gasteiger partial charge in [-0.1, -0.05) is 34.5 Å². The van der Waals surface area contributed by atoms with Gasteiger partial charge >= 0.3 is 5.97 Å². The molecule has 3 N–H and O–H groups in total. The number of carboxylic acids is 1. The molecule has 7 heteroatoms. The lowest BCUT2D eigenvalue weighted by Gasteiger charge is -2.17. The molecular weight excluding hydrogens is 376 g/mol. The van der Waals surface area contributed by atoms with Crippen molar-refractivity contribution >= 4 is 33.7 Å². The summed E-state index contributed by atoms with van der Waals surface area (Å²) in [4.78, 5) is 33.8. The van der Waals surface area contributed by atoms with Crippen molar-refractivity contribution in [1.82, 2.24) is 10.6 Å². The molecule has 1 rings (SSSR count). The molecule has 1 atom stereocenters. The summed E-state index contributed by atoms with van der Waals surface area (Å²) in [7, 11) is 0. The number of aliphatic carboxylic acids is 1. The maximum atomic E-state index is 12.0. The molecular formula is C17H23BrN2O4. The van der Waals surface area contributed by atoms with Crippen molar-refractivity contribution in [3.63, 3.8) is 0 Å². The van der Waals surface area contributed by atoms with Gasteiger partial charge in [-0.3, -0.25) is 14.4 Å². The van der Waals surface area contributed by atoms with E-state index in [9.17, 15) is 14.4 Å². The Labute approximate surface area is 150 Å². The van der Waals surface area contributed by atoms with Crippen LogP contribution in [-0.2, 0) is 14.4 Å². The Bertz CT molecular complexity index is 560. The van der Waals surface area contributed by atoms with Gasteiger partial charge in [-0.25, -0.2) is 0 Å². The summed E-state index contributed by atoms with van der Waals surface area (Å²) in [5.74, 6) is -1.18. The summed E-state index contributed by atoms with van der Waals surface area (Å²) < 4.78 is 0.894. The molecule has 0 aliphatic rings. The minimum Gasteiger partial charge on any atom is -0.481 e. The van der Waals surface area contributed by atoms with Gasteiger partial charge in [-0.15, -0.1) is 0 Å². The molecule has 6 nitrogen and oxygen atoms in total. The topological polar surface area (TPSA) is 95.5 Å². The third-order valence-corrected chi connectivity index (χ3v) is 3.97. The number of benzene rings is 1. The van der Waals surface area contributed by atoms with Gasteiger partial charge in [0, 0.05) is 24.4 Å². The van der Waals surface area contributed by atoms with Gasteiger partial charge in [0.1, 0.15) is 0 Å². The predicted octanol–water partition coefficient (Wildman–Crippen LogP) is 2.78. The molecule has 0 bridgehead atoms. The Kier molecular flexibility index (Phi) is 9.07. The van der Waals surface area contributed by atoms with Gasteiger partial charge in [0.05, 0.1) is 12.5 Å². The van der Waals surface area contributed by atoms with Crippen LogP contribution in [0.15, 0.2) is 28.7 Å². The van der Waals surface area contributed by atoms with Crippen LogP contribution in [0.1, 0.15) is 50.6 Å². The lowest BCUT2D eigenvalue weighted by molar-refractivity contribution is -0.137. The van der Waals surface area contributed by atoms with E-state index < -0.39 is 12.0 Å². The van der Waals surface area contributed by atoms with Crippen molar-refractivity contribution in [2.24, 2.45) is 0 Å². The Morgan fingerprint density at radius 3 is 2.38 bits per heavy atom. The molecule has 1 aromatic carbocycles. The number of nitrogens with one attached hydrogen (secondary N) is 2. The fourth-order valence-corrected chi connectivity index (χ4v) is 2.50. The standard InChI is InChI=1S/C17H23BrN2O4/c1-12(21)19-10-4-2-3-5-16(22)20-15(11-17(23)24)13-6-8-14(18)9-7-13/h6-9,15H,2-5,10-11H2,1H3,(H,19,21)(H,20,22)(H,23,24). The number of amides is 2. The van der Waals surface area contributed by atoms with Crippen LogP contribution < -0.4 is 10.6 Å². The Balaban J connectivity index is 2.42. The van der Waals surface area contributed by atoms with Gasteiger partial charge in [0.25, 0.3) is 0 Å². The minimum atomic E-state index is -0.960. The summed E-state index contributed by atoms with van der Waals surface area (Å²) in [5.41, 5.74) is 0.764. The van der Waals surface area contributed by atoms with Crippen LogP contribution in [-0.4, -0.2) is 29.4 Å². The zero-order valence-corrected chi connectivity index (χ0v) is 15.3. The van der Waals surface area contributed by atoms with Crippen LogP contribution in [0.2, 0.25) is 0 Å². The van der Waals surface area contributed by atoms with Crippen molar-refractivity contribution < 1.29 is 19.5 Å². The highest BCUT2D eigenvalue weighted by Gasteiger charge is 2.17. The third kappa shape index (κ3) is 8.67. The quantitative estimate of drug-likeness (QED) is 0.528. The normalized spacial score (nSPS) is 11.6. The van der Waals surface area contributed by atoms with Crippen molar-refractivity contribution in [2.45, 2.75) is 45.1 Å². The van der Waals surface area contributed by atoms with Gasteiger partial charge in [0.15, 0.2) is 0 Å². The number of unbranched alkanes of at least 4 members (excludes halogenated alkanes) is 2. The second-order valence-electron chi connectivity index (χ2n) is 5.56. The number of hydrogen-bond donors (Lipinski definition) is 3. The van der Waals surface area contributed by atoms with Crippen LogP contribution in [0.5, 0.6) is 0 Å². The zero-order chi connectivity index (χ0) is 17.9. The van der Waals surface area contributed by atoms with E-state index in [1.807, 2.05) is 12.1 Å². The first-order valence-electron chi connectivity index (χ1n) is 7.89. The van der Waals surface area contributed by atoms with Crippen LogP contribution in [0.25, 0.3) is 0 Å². The highest BCUT2D eigenvalue weighted by Crippen LogP contribution is 2.20. The van der Waals surface area contributed by atoms with E-state index in [0.717, 1.165) is 22.9 Å². The van der Waals surface area contributed by atoms with Crippen molar-refractivity contribution in [1.29, 1.82) is 0 Å². The molecule has 2 amide bonds. The van der Waals surface area contributed by atoms with E-state index in [1.54, 1.807) is 12.1 Å². The lowest BCUT2D eigenvalue weighted by atomic mass is 10.0. The van der Waals surface area contributed by atoms with E-state index in [-0.39, 0.29) is 18.2 Å². The van der Waals surface area contributed by atoms with E-state index in [0.29, 0.717) is 19.4 Å². The van der Waals surface area contributed by atoms with Crippen LogP contribution in [0.4, 0.5) is 0 Å². The highest BCUT2D eigenvalue weighted by molar-refractivity contribution is 9.10. The fraction of sp³-hybridized carbons (Fsp3) is 0.471. The Morgan fingerprint density at radius 1 is 1.12 bits per heavy atom. The molecule has 0 heterocycles. The van der Waals surface area contributed by atoms with Gasteiger partial charge in [0.2, 0.25) is 11.8 Å². The summed E-state index contributed by atoms with van der Waals surface area (Å²) in [6, 6.07) is 6.69. The summed E-state index contributed by atoms with van der Waals surface area (Å²) in [5, 5.41) is 14.5. The molecule has 24 heavy (non-hydrogen) atoms. The molecule has 0 saturated heterocycles. The maximum Gasteiger partial charge on any atom is 0.305 e.